The van der Waals surface area contributed by atoms with Crippen LogP contribution in [-0.4, -0.2) is 22.8 Å². The van der Waals surface area contributed by atoms with Crippen molar-refractivity contribution in [2.24, 2.45) is 0 Å². The maximum Gasteiger partial charge on any atom is 0.270 e. The zero-order valence-corrected chi connectivity index (χ0v) is 15.4. The maximum absolute atomic E-state index is 14.0. The number of unbranched alkanes of at least 4 members (excludes halogenated alkanes) is 3. The lowest BCUT2D eigenvalue weighted by Gasteiger charge is -2.11. The largest absolute Gasteiger partial charge is 0.490 e. The van der Waals surface area contributed by atoms with Crippen LogP contribution in [0.4, 0.5) is 8.78 Å². The predicted octanol–water partition coefficient (Wildman–Crippen LogP) is 4.27. The predicted molar refractivity (Wildman–Crippen MR) is 96.3 cm³/mol. The molecule has 0 aliphatic carbocycles. The molecule has 0 fully saturated rings. The lowest BCUT2D eigenvalue weighted by atomic mass is 10.1. The summed E-state index contributed by atoms with van der Waals surface area (Å²) >= 11 is 1.17. The molecule has 0 saturated carbocycles. The number of thioether (sulfide) groups is 1. The van der Waals surface area contributed by atoms with E-state index < -0.39 is 17.2 Å². The van der Waals surface area contributed by atoms with Crippen molar-refractivity contribution >= 4 is 11.8 Å². The van der Waals surface area contributed by atoms with E-state index in [1.54, 1.807) is 12.3 Å². The molecule has 5 nitrogen and oxygen atoms in total. The fourth-order valence-corrected chi connectivity index (χ4v) is 2.76. The molecular formula is C18H19F2N3O2S. The fraction of sp³-hybridized carbons (Fsp3) is 0.389. The molecule has 1 N–H and O–H groups in total. The zero-order chi connectivity index (χ0) is 19.1. The number of benzene rings is 1. The molecule has 0 saturated heterocycles. The van der Waals surface area contributed by atoms with Crippen molar-refractivity contribution in [3.8, 4) is 23.1 Å². The molecule has 8 heteroatoms. The minimum Gasteiger partial charge on any atom is -0.490 e. The topological polar surface area (TPSA) is 78.8 Å². The third kappa shape index (κ3) is 4.61. The molecular weight excluding hydrogens is 360 g/mol. The summed E-state index contributed by atoms with van der Waals surface area (Å²) in [6.07, 6.45) is 5.46. The molecule has 0 radical (unpaired) electrons. The van der Waals surface area contributed by atoms with Crippen LogP contribution in [0, 0.1) is 23.0 Å². The van der Waals surface area contributed by atoms with Gasteiger partial charge in [-0.15, -0.1) is 0 Å². The summed E-state index contributed by atoms with van der Waals surface area (Å²) in [7, 11) is 0. The highest BCUT2D eigenvalue weighted by Crippen LogP contribution is 2.29. The molecule has 0 unspecified atom stereocenters. The van der Waals surface area contributed by atoms with Gasteiger partial charge < -0.3 is 9.72 Å². The number of nitriles is 1. The first-order chi connectivity index (χ1) is 12.5. The third-order valence-corrected chi connectivity index (χ3v) is 4.31. The first kappa shape index (κ1) is 19.9. The van der Waals surface area contributed by atoms with E-state index in [4.69, 9.17) is 4.74 Å². The van der Waals surface area contributed by atoms with Crippen molar-refractivity contribution in [3.05, 3.63) is 39.7 Å². The molecule has 0 spiro atoms. The van der Waals surface area contributed by atoms with Gasteiger partial charge in [0.15, 0.2) is 16.7 Å². The van der Waals surface area contributed by atoms with Crippen LogP contribution < -0.4 is 10.3 Å². The van der Waals surface area contributed by atoms with Gasteiger partial charge in [0.1, 0.15) is 11.6 Å². The molecule has 0 aliphatic heterocycles. The Labute approximate surface area is 154 Å². The molecule has 0 atom stereocenters. The maximum atomic E-state index is 14.0. The third-order valence-electron chi connectivity index (χ3n) is 3.73. The van der Waals surface area contributed by atoms with Crippen molar-refractivity contribution in [1.82, 2.24) is 9.97 Å². The molecule has 2 aromatic rings. The van der Waals surface area contributed by atoms with Gasteiger partial charge in [0.2, 0.25) is 5.82 Å². The van der Waals surface area contributed by atoms with E-state index in [1.807, 2.05) is 0 Å². The Kier molecular flexibility index (Phi) is 7.16. The lowest BCUT2D eigenvalue weighted by Crippen LogP contribution is -2.14. The summed E-state index contributed by atoms with van der Waals surface area (Å²) in [6.45, 7) is 2.33. The van der Waals surface area contributed by atoms with Gasteiger partial charge in [-0.05, 0) is 24.8 Å². The van der Waals surface area contributed by atoms with Gasteiger partial charge in [0.05, 0.1) is 12.3 Å². The number of nitrogens with one attached hydrogen (secondary N) is 1. The number of ether oxygens (including phenoxy) is 1. The van der Waals surface area contributed by atoms with Crippen LogP contribution in [-0.2, 0) is 0 Å². The number of halogens is 2. The van der Waals surface area contributed by atoms with Gasteiger partial charge in [0.25, 0.3) is 5.56 Å². The number of rotatable bonds is 8. The van der Waals surface area contributed by atoms with Crippen molar-refractivity contribution in [2.45, 2.75) is 37.8 Å². The van der Waals surface area contributed by atoms with E-state index in [2.05, 4.69) is 16.9 Å². The summed E-state index contributed by atoms with van der Waals surface area (Å²) in [5.41, 5.74) is -0.780. The molecule has 0 aliphatic rings. The number of H-pyrrole nitrogens is 1. The van der Waals surface area contributed by atoms with Gasteiger partial charge in [-0.1, -0.05) is 37.9 Å². The van der Waals surface area contributed by atoms with E-state index >= 15 is 0 Å². The summed E-state index contributed by atoms with van der Waals surface area (Å²) in [4.78, 5) is 18.6. The molecule has 1 aromatic heterocycles. The van der Waals surface area contributed by atoms with Crippen LogP contribution in [0.3, 0.4) is 0 Å². The number of aromatic nitrogens is 2. The van der Waals surface area contributed by atoms with Gasteiger partial charge in [-0.2, -0.15) is 9.65 Å². The Hall–Kier alpha value is -2.40. The quantitative estimate of drug-likeness (QED) is 0.421. The van der Waals surface area contributed by atoms with Crippen LogP contribution in [0.25, 0.3) is 11.3 Å². The molecule has 1 aromatic carbocycles. The number of nitrogens with zero attached hydrogens (tertiary/aromatic N) is 2. The molecule has 2 rings (SSSR count). The van der Waals surface area contributed by atoms with Crippen LogP contribution in [0.2, 0.25) is 0 Å². The first-order valence-corrected chi connectivity index (χ1v) is 9.44. The van der Waals surface area contributed by atoms with E-state index in [0.717, 1.165) is 31.7 Å². The van der Waals surface area contributed by atoms with Crippen LogP contribution in [0.5, 0.6) is 5.75 Å². The fourth-order valence-electron chi connectivity index (χ4n) is 2.38. The number of hydrogen-bond acceptors (Lipinski definition) is 5. The highest BCUT2D eigenvalue weighted by atomic mass is 32.2. The van der Waals surface area contributed by atoms with Gasteiger partial charge >= 0.3 is 0 Å². The van der Waals surface area contributed by atoms with Gasteiger partial charge in [-0.3, -0.25) is 4.79 Å². The van der Waals surface area contributed by atoms with E-state index in [0.29, 0.717) is 0 Å². The van der Waals surface area contributed by atoms with Crippen LogP contribution in [0.1, 0.15) is 38.2 Å². The molecule has 138 valence electrons. The van der Waals surface area contributed by atoms with Crippen molar-refractivity contribution in [1.29, 1.82) is 5.26 Å². The second-order valence-electron chi connectivity index (χ2n) is 5.59. The summed E-state index contributed by atoms with van der Waals surface area (Å²) in [5, 5.41) is 9.50. The van der Waals surface area contributed by atoms with E-state index in [-0.39, 0.29) is 34.3 Å². The monoisotopic (exact) mass is 379 g/mol. The van der Waals surface area contributed by atoms with Crippen molar-refractivity contribution in [2.75, 3.05) is 12.9 Å². The lowest BCUT2D eigenvalue weighted by molar-refractivity contribution is 0.285. The van der Waals surface area contributed by atoms with Crippen LogP contribution >= 0.6 is 11.8 Å². The number of aromatic amines is 1. The average Bonchev–Trinajstić information content (AvgIpc) is 2.63. The minimum absolute atomic E-state index is 0.00432. The minimum atomic E-state index is -1.12. The molecule has 26 heavy (non-hydrogen) atoms. The van der Waals surface area contributed by atoms with Gasteiger partial charge in [0, 0.05) is 5.56 Å². The van der Waals surface area contributed by atoms with Crippen molar-refractivity contribution < 1.29 is 13.5 Å². The summed E-state index contributed by atoms with van der Waals surface area (Å²) in [6, 6.07) is 3.94. The highest BCUT2D eigenvalue weighted by molar-refractivity contribution is 7.98. The molecule has 1 heterocycles. The SMILES string of the molecule is CCCCCCOc1cc(-c2nc(SC)[nH]c(=O)c2C#N)cc(F)c1F. The summed E-state index contributed by atoms with van der Waals surface area (Å²) < 4.78 is 33.4. The van der Waals surface area contributed by atoms with Crippen LogP contribution in [0.15, 0.2) is 22.1 Å². The zero-order valence-electron chi connectivity index (χ0n) is 14.6. The Morgan fingerprint density at radius 1 is 1.31 bits per heavy atom. The second kappa shape index (κ2) is 9.34. The Morgan fingerprint density at radius 3 is 2.73 bits per heavy atom. The standard InChI is InChI=1S/C18H19F2N3O2S/c1-3-4-5-6-7-25-14-9-11(8-13(19)15(14)20)16-12(10-21)17(24)23-18(22-16)26-2/h8-9H,3-7H2,1-2H3,(H,22,23,24). The Bertz CT molecular complexity index is 878. The van der Waals surface area contributed by atoms with Gasteiger partial charge in [-0.25, -0.2) is 9.37 Å². The van der Waals surface area contributed by atoms with E-state index in [1.165, 1.54) is 17.8 Å². The second-order valence-corrected chi connectivity index (χ2v) is 6.38. The average molecular weight is 379 g/mol. The molecule has 0 amide bonds. The molecule has 0 bridgehead atoms. The number of hydrogen-bond donors (Lipinski definition) is 1. The normalized spacial score (nSPS) is 10.6. The van der Waals surface area contributed by atoms with E-state index in [9.17, 15) is 18.8 Å². The van der Waals surface area contributed by atoms with Crippen molar-refractivity contribution in [3.63, 3.8) is 0 Å². The highest BCUT2D eigenvalue weighted by Gasteiger charge is 2.18. The smallest absolute Gasteiger partial charge is 0.270 e. The Morgan fingerprint density at radius 2 is 2.08 bits per heavy atom. The first-order valence-electron chi connectivity index (χ1n) is 8.22. The Balaban J connectivity index is 2.41. The summed E-state index contributed by atoms with van der Waals surface area (Å²) in [5.74, 6) is -2.48.